The molecule has 0 heterocycles. The van der Waals surface area contributed by atoms with Gasteiger partial charge in [-0.2, -0.15) is 0 Å². The Hall–Kier alpha value is -0.560. The summed E-state index contributed by atoms with van der Waals surface area (Å²) in [6.45, 7) is 2.36. The van der Waals surface area contributed by atoms with Gasteiger partial charge in [0.1, 0.15) is 24.7 Å². The van der Waals surface area contributed by atoms with Gasteiger partial charge in [0, 0.05) is 6.42 Å². The highest BCUT2D eigenvalue weighted by Crippen LogP contribution is 2.38. The van der Waals surface area contributed by atoms with Gasteiger partial charge in [0.25, 0.3) is 0 Å². The van der Waals surface area contributed by atoms with E-state index in [2.05, 4.69) is 69.6 Å². The van der Waals surface area contributed by atoms with Crippen LogP contribution in [0.1, 0.15) is 43.7 Å². The fraction of sp³-hybridized carbons (Fsp3) is 0.417. The number of unbranched alkanes of at least 4 members (excludes halogenated alkanes) is 1. The lowest BCUT2D eigenvalue weighted by molar-refractivity contribution is 0.0978. The first-order valence-corrected chi connectivity index (χ1v) is 13.4. The minimum Gasteiger partial charge on any atom is -0.489 e. The SMILES string of the molecule is C#CCCCC(O)COc1c(Br)cc(Cc2cc(Br)c(OCC(O)CC)c(Br)c2)cc1Br. The molecule has 0 aliphatic heterocycles. The fourth-order valence-electron chi connectivity index (χ4n) is 2.94. The maximum Gasteiger partial charge on any atom is 0.147 e. The van der Waals surface area contributed by atoms with E-state index in [0.717, 1.165) is 35.4 Å². The van der Waals surface area contributed by atoms with E-state index in [-0.39, 0.29) is 13.2 Å². The van der Waals surface area contributed by atoms with Crippen LogP contribution in [-0.4, -0.2) is 35.6 Å². The van der Waals surface area contributed by atoms with E-state index in [1.165, 1.54) is 0 Å². The van der Waals surface area contributed by atoms with Crippen molar-refractivity contribution in [3.8, 4) is 23.8 Å². The van der Waals surface area contributed by atoms with Crippen molar-refractivity contribution in [1.29, 1.82) is 0 Å². The summed E-state index contributed by atoms with van der Waals surface area (Å²) in [6.07, 6.45) is 7.57. The van der Waals surface area contributed by atoms with E-state index < -0.39 is 12.2 Å². The van der Waals surface area contributed by atoms with Crippen molar-refractivity contribution < 1.29 is 19.7 Å². The normalized spacial score (nSPS) is 12.8. The lowest BCUT2D eigenvalue weighted by Gasteiger charge is -2.16. The van der Waals surface area contributed by atoms with Crippen molar-refractivity contribution in [2.24, 2.45) is 0 Å². The molecule has 2 atom stereocenters. The first kappa shape index (κ1) is 27.7. The maximum absolute atomic E-state index is 10.1. The van der Waals surface area contributed by atoms with Gasteiger partial charge in [-0.25, -0.2) is 0 Å². The van der Waals surface area contributed by atoms with Crippen LogP contribution in [0, 0.1) is 12.3 Å². The molecule has 2 aromatic rings. The van der Waals surface area contributed by atoms with Gasteiger partial charge in [0.15, 0.2) is 0 Å². The molecule has 4 nitrogen and oxygen atoms in total. The van der Waals surface area contributed by atoms with Crippen LogP contribution in [0.2, 0.25) is 0 Å². The van der Waals surface area contributed by atoms with Crippen molar-refractivity contribution in [3.63, 3.8) is 0 Å². The van der Waals surface area contributed by atoms with E-state index in [9.17, 15) is 10.2 Å². The van der Waals surface area contributed by atoms with E-state index >= 15 is 0 Å². The molecule has 0 aliphatic rings. The van der Waals surface area contributed by atoms with E-state index in [1.54, 1.807) is 0 Å². The predicted molar refractivity (Wildman–Crippen MR) is 142 cm³/mol. The third-order valence-electron chi connectivity index (χ3n) is 4.69. The second-order valence-corrected chi connectivity index (χ2v) is 10.8. The minimum absolute atomic E-state index is 0.204. The van der Waals surface area contributed by atoms with Crippen molar-refractivity contribution in [2.75, 3.05) is 13.2 Å². The smallest absolute Gasteiger partial charge is 0.147 e. The molecule has 2 rings (SSSR count). The number of terminal acetylenes is 1. The number of hydrogen-bond donors (Lipinski definition) is 2. The maximum atomic E-state index is 10.1. The first-order valence-electron chi connectivity index (χ1n) is 10.3. The lowest BCUT2D eigenvalue weighted by atomic mass is 10.0. The molecule has 2 aromatic carbocycles. The quantitative estimate of drug-likeness (QED) is 0.185. The monoisotopic (exact) mass is 694 g/mol. The summed E-state index contributed by atoms with van der Waals surface area (Å²) in [7, 11) is 0. The topological polar surface area (TPSA) is 58.9 Å². The molecule has 0 aliphatic carbocycles. The van der Waals surface area contributed by atoms with E-state index in [0.29, 0.717) is 37.2 Å². The number of rotatable bonds is 12. The molecule has 2 unspecified atom stereocenters. The second kappa shape index (κ2) is 14.0. The average molecular weight is 698 g/mol. The molecule has 0 bridgehead atoms. The summed E-state index contributed by atoms with van der Waals surface area (Å²) in [5, 5.41) is 19.8. The van der Waals surface area contributed by atoms with Crippen molar-refractivity contribution in [3.05, 3.63) is 53.3 Å². The van der Waals surface area contributed by atoms with Gasteiger partial charge in [0.05, 0.1) is 30.1 Å². The third-order valence-corrected chi connectivity index (χ3v) is 7.05. The van der Waals surface area contributed by atoms with Gasteiger partial charge in [-0.3, -0.25) is 0 Å². The Morgan fingerprint density at radius 1 is 0.844 bits per heavy atom. The van der Waals surface area contributed by atoms with Gasteiger partial charge in [-0.05, 0) is 125 Å². The van der Waals surface area contributed by atoms with Gasteiger partial charge >= 0.3 is 0 Å². The molecule has 0 fully saturated rings. The Bertz CT molecular complexity index is 896. The summed E-state index contributed by atoms with van der Waals surface area (Å²) in [5.74, 6) is 3.91. The Balaban J connectivity index is 2.06. The van der Waals surface area contributed by atoms with Gasteiger partial charge in [0.2, 0.25) is 0 Å². The second-order valence-electron chi connectivity index (χ2n) is 7.39. The number of aliphatic hydroxyl groups excluding tert-OH is 2. The molecule has 174 valence electrons. The summed E-state index contributed by atoms with van der Waals surface area (Å²) < 4.78 is 14.8. The van der Waals surface area contributed by atoms with Crippen LogP contribution in [0.4, 0.5) is 0 Å². The van der Waals surface area contributed by atoms with Crippen LogP contribution in [0.25, 0.3) is 0 Å². The molecule has 0 radical (unpaired) electrons. The van der Waals surface area contributed by atoms with Crippen LogP contribution < -0.4 is 9.47 Å². The molecular weight excluding hydrogens is 672 g/mol. The lowest BCUT2D eigenvalue weighted by Crippen LogP contribution is -2.17. The Kier molecular flexibility index (Phi) is 12.1. The zero-order chi connectivity index (χ0) is 23.7. The van der Waals surface area contributed by atoms with Crippen LogP contribution in [-0.2, 0) is 6.42 Å². The van der Waals surface area contributed by atoms with E-state index in [1.807, 2.05) is 31.2 Å². The molecule has 8 heteroatoms. The van der Waals surface area contributed by atoms with Gasteiger partial charge < -0.3 is 19.7 Å². The van der Waals surface area contributed by atoms with Gasteiger partial charge in [-0.1, -0.05) is 6.92 Å². The standard InChI is InChI=1S/C24H26Br4O4/c1-3-5-6-7-18(30)14-32-24-21(27)11-16(12-22(24)28)8-15-9-19(25)23(20(26)10-15)31-13-17(29)4-2/h1,9-12,17-18,29-30H,4-8,13-14H2,2H3. The first-order chi connectivity index (χ1) is 15.2. The highest BCUT2D eigenvalue weighted by atomic mass is 79.9. The Morgan fingerprint density at radius 2 is 1.28 bits per heavy atom. The number of ether oxygens (including phenoxy) is 2. The summed E-state index contributed by atoms with van der Waals surface area (Å²) in [4.78, 5) is 0. The largest absolute Gasteiger partial charge is 0.489 e. The van der Waals surface area contributed by atoms with Crippen LogP contribution in [0.5, 0.6) is 11.5 Å². The summed E-state index contributed by atoms with van der Waals surface area (Å²) >= 11 is 14.3. The number of benzene rings is 2. The number of aliphatic hydroxyl groups is 2. The molecule has 32 heavy (non-hydrogen) atoms. The van der Waals surface area contributed by atoms with Gasteiger partial charge in [-0.15, -0.1) is 12.3 Å². The fourth-order valence-corrected chi connectivity index (χ4v) is 5.96. The molecule has 0 spiro atoms. The van der Waals surface area contributed by atoms with Crippen LogP contribution in [0.3, 0.4) is 0 Å². The number of halogens is 4. The molecule has 0 saturated heterocycles. The molecule has 2 N–H and O–H groups in total. The Labute approximate surface area is 223 Å². The van der Waals surface area contributed by atoms with Crippen LogP contribution >= 0.6 is 63.7 Å². The van der Waals surface area contributed by atoms with E-state index in [4.69, 9.17) is 15.9 Å². The molecule has 0 aromatic heterocycles. The number of hydrogen-bond acceptors (Lipinski definition) is 4. The van der Waals surface area contributed by atoms with Crippen molar-refractivity contribution in [1.82, 2.24) is 0 Å². The average Bonchev–Trinajstić information content (AvgIpc) is 2.72. The predicted octanol–water partition coefficient (Wildman–Crippen LogP) is 7.02. The molecule has 0 saturated carbocycles. The minimum atomic E-state index is -0.560. The molecular formula is C24H26Br4O4. The van der Waals surface area contributed by atoms with Crippen molar-refractivity contribution in [2.45, 2.75) is 51.2 Å². The third kappa shape index (κ3) is 8.66. The van der Waals surface area contributed by atoms with Crippen molar-refractivity contribution >= 4 is 63.7 Å². The molecule has 0 amide bonds. The Morgan fingerprint density at radius 3 is 1.69 bits per heavy atom. The highest BCUT2D eigenvalue weighted by Gasteiger charge is 2.15. The summed E-state index contributed by atoms with van der Waals surface area (Å²) in [5.41, 5.74) is 2.17. The van der Waals surface area contributed by atoms with Crippen LogP contribution in [0.15, 0.2) is 42.2 Å². The zero-order valence-corrected chi connectivity index (χ0v) is 24.1. The zero-order valence-electron chi connectivity index (χ0n) is 17.7. The summed E-state index contributed by atoms with van der Waals surface area (Å²) in [6, 6.07) is 8.04. The highest BCUT2D eigenvalue weighted by molar-refractivity contribution is 9.11.